The van der Waals surface area contributed by atoms with Crippen molar-refractivity contribution >= 4 is 51.3 Å². The van der Waals surface area contributed by atoms with E-state index in [2.05, 4.69) is 10.6 Å². The van der Waals surface area contributed by atoms with E-state index in [1.165, 1.54) is 14.2 Å². The number of carbonyl (C=O) groups excluding carboxylic acids is 2. The molecule has 0 aliphatic carbocycles. The highest BCUT2D eigenvalue weighted by Gasteiger charge is 2.26. The second-order valence-electron chi connectivity index (χ2n) is 5.14. The van der Waals surface area contributed by atoms with Crippen LogP contribution in [-0.2, 0) is 9.47 Å². The van der Waals surface area contributed by atoms with E-state index in [1.807, 2.05) is 31.2 Å². The molecule has 0 spiro atoms. The first kappa shape index (κ1) is 18.9. The number of benzene rings is 1. The van der Waals surface area contributed by atoms with E-state index in [-0.39, 0.29) is 5.56 Å². The second kappa shape index (κ2) is 8.09. The molecule has 0 atom stereocenters. The maximum absolute atomic E-state index is 12.1. The molecule has 0 fully saturated rings. The molecule has 0 unspecified atom stereocenters. The Kier molecular flexibility index (Phi) is 6.11. The van der Waals surface area contributed by atoms with Crippen LogP contribution in [0.1, 0.15) is 31.2 Å². The average Bonchev–Trinajstić information content (AvgIpc) is 2.91. The molecular formula is C17H18N2O4S2. The minimum absolute atomic E-state index is 0.266. The summed E-state index contributed by atoms with van der Waals surface area (Å²) in [6.07, 6.45) is 0. The van der Waals surface area contributed by atoms with E-state index >= 15 is 0 Å². The molecule has 25 heavy (non-hydrogen) atoms. The molecule has 2 N–H and O–H groups in total. The normalized spacial score (nSPS) is 10.1. The molecule has 132 valence electrons. The number of thiophene rings is 1. The highest BCUT2D eigenvalue weighted by molar-refractivity contribution is 7.80. The molecule has 0 saturated carbocycles. The summed E-state index contributed by atoms with van der Waals surface area (Å²) in [5.74, 6) is -1.07. The molecule has 0 amide bonds. The van der Waals surface area contributed by atoms with E-state index in [9.17, 15) is 9.59 Å². The van der Waals surface area contributed by atoms with Gasteiger partial charge in [0.05, 0.1) is 19.8 Å². The maximum atomic E-state index is 12.1. The summed E-state index contributed by atoms with van der Waals surface area (Å²) in [6.45, 7) is 3.62. The van der Waals surface area contributed by atoms with Crippen molar-refractivity contribution in [2.24, 2.45) is 0 Å². The van der Waals surface area contributed by atoms with Gasteiger partial charge >= 0.3 is 11.9 Å². The standard InChI is InChI=1S/C17H18N2O4S2/c1-9-7-5-6-8-11(9)18-17(24)19-14-12(15(20)22-3)10(2)13(25-14)16(21)23-4/h5-8H,1-4H3,(H2,18,19,24). The number of hydrogen-bond donors (Lipinski definition) is 2. The Morgan fingerprint density at radius 1 is 1.04 bits per heavy atom. The Morgan fingerprint density at radius 3 is 2.28 bits per heavy atom. The molecule has 1 heterocycles. The highest BCUT2D eigenvalue weighted by atomic mass is 32.1. The van der Waals surface area contributed by atoms with Gasteiger partial charge in [-0.1, -0.05) is 18.2 Å². The lowest BCUT2D eigenvalue weighted by Gasteiger charge is -2.12. The fraction of sp³-hybridized carbons (Fsp3) is 0.235. The molecule has 2 aromatic rings. The number of aryl methyl sites for hydroxylation is 1. The number of methoxy groups -OCH3 is 2. The van der Waals surface area contributed by atoms with Gasteiger partial charge in [0.25, 0.3) is 0 Å². The molecule has 1 aromatic heterocycles. The van der Waals surface area contributed by atoms with E-state index < -0.39 is 11.9 Å². The fourth-order valence-corrected chi connectivity index (χ4v) is 3.60. The van der Waals surface area contributed by atoms with E-state index in [1.54, 1.807) is 6.92 Å². The Hall–Kier alpha value is -2.45. The minimum atomic E-state index is -0.551. The van der Waals surface area contributed by atoms with Crippen molar-refractivity contribution in [2.75, 3.05) is 24.9 Å². The van der Waals surface area contributed by atoms with Crippen molar-refractivity contribution in [1.29, 1.82) is 0 Å². The predicted molar refractivity (Wildman–Crippen MR) is 103 cm³/mol. The zero-order valence-corrected chi connectivity index (χ0v) is 15.9. The third-order valence-electron chi connectivity index (χ3n) is 3.53. The van der Waals surface area contributed by atoms with Gasteiger partial charge in [-0.05, 0) is 43.3 Å². The first-order chi connectivity index (χ1) is 11.9. The number of para-hydroxylation sites is 1. The number of carbonyl (C=O) groups is 2. The lowest BCUT2D eigenvalue weighted by Crippen LogP contribution is -2.20. The van der Waals surface area contributed by atoms with Crippen LogP contribution in [0.25, 0.3) is 0 Å². The summed E-state index contributed by atoms with van der Waals surface area (Å²) in [7, 11) is 2.57. The number of ether oxygens (including phenoxy) is 2. The van der Waals surface area contributed by atoms with Crippen LogP contribution in [0.3, 0.4) is 0 Å². The van der Waals surface area contributed by atoms with Crippen LogP contribution in [0.2, 0.25) is 0 Å². The zero-order valence-electron chi connectivity index (χ0n) is 14.3. The molecule has 0 aliphatic heterocycles. The van der Waals surface area contributed by atoms with Gasteiger partial charge < -0.3 is 20.1 Å². The summed E-state index contributed by atoms with van der Waals surface area (Å²) in [5, 5.41) is 6.77. The van der Waals surface area contributed by atoms with Gasteiger partial charge in [0.1, 0.15) is 9.88 Å². The first-order valence-electron chi connectivity index (χ1n) is 7.32. The first-order valence-corrected chi connectivity index (χ1v) is 8.55. The van der Waals surface area contributed by atoms with Gasteiger partial charge in [0.2, 0.25) is 0 Å². The number of anilines is 2. The fourth-order valence-electron chi connectivity index (χ4n) is 2.21. The minimum Gasteiger partial charge on any atom is -0.465 e. The number of esters is 2. The van der Waals surface area contributed by atoms with Crippen molar-refractivity contribution in [3.63, 3.8) is 0 Å². The van der Waals surface area contributed by atoms with Crippen molar-refractivity contribution < 1.29 is 19.1 Å². The topological polar surface area (TPSA) is 76.7 Å². The zero-order chi connectivity index (χ0) is 18.6. The predicted octanol–water partition coefficient (Wildman–Crippen LogP) is 3.75. The lowest BCUT2D eigenvalue weighted by atomic mass is 10.1. The summed E-state index contributed by atoms with van der Waals surface area (Å²) in [4.78, 5) is 24.3. The number of rotatable bonds is 4. The molecule has 1 aromatic carbocycles. The van der Waals surface area contributed by atoms with E-state index in [4.69, 9.17) is 21.7 Å². The Labute approximate surface area is 155 Å². The third-order valence-corrected chi connectivity index (χ3v) is 4.92. The van der Waals surface area contributed by atoms with Crippen LogP contribution in [0.5, 0.6) is 0 Å². The van der Waals surface area contributed by atoms with Gasteiger partial charge in [-0.15, -0.1) is 11.3 Å². The molecular weight excluding hydrogens is 360 g/mol. The Bertz CT molecular complexity index is 830. The number of nitrogens with one attached hydrogen (secondary N) is 2. The molecule has 0 aliphatic rings. The van der Waals surface area contributed by atoms with Gasteiger partial charge in [0.15, 0.2) is 5.11 Å². The van der Waals surface area contributed by atoms with Gasteiger partial charge in [-0.25, -0.2) is 9.59 Å². The number of hydrogen-bond acceptors (Lipinski definition) is 6. The molecule has 2 rings (SSSR count). The quantitative estimate of drug-likeness (QED) is 0.620. The largest absolute Gasteiger partial charge is 0.465 e. The van der Waals surface area contributed by atoms with Gasteiger partial charge in [-0.3, -0.25) is 0 Å². The van der Waals surface area contributed by atoms with Crippen molar-refractivity contribution in [1.82, 2.24) is 0 Å². The summed E-state index contributed by atoms with van der Waals surface area (Å²) < 4.78 is 9.57. The van der Waals surface area contributed by atoms with Crippen molar-refractivity contribution in [2.45, 2.75) is 13.8 Å². The Morgan fingerprint density at radius 2 is 1.68 bits per heavy atom. The lowest BCUT2D eigenvalue weighted by molar-refractivity contribution is 0.0601. The van der Waals surface area contributed by atoms with Crippen LogP contribution in [0, 0.1) is 13.8 Å². The van der Waals surface area contributed by atoms with Crippen molar-refractivity contribution in [3.05, 3.63) is 45.8 Å². The molecule has 8 heteroatoms. The smallest absolute Gasteiger partial charge is 0.348 e. The SMILES string of the molecule is COC(=O)c1sc(NC(=S)Nc2ccccc2C)c(C(=O)OC)c1C. The van der Waals surface area contributed by atoms with Gasteiger partial charge in [0, 0.05) is 5.69 Å². The van der Waals surface area contributed by atoms with Crippen LogP contribution in [-0.4, -0.2) is 31.3 Å². The monoisotopic (exact) mass is 378 g/mol. The second-order valence-corrected chi connectivity index (χ2v) is 6.57. The van der Waals surface area contributed by atoms with E-state index in [0.29, 0.717) is 20.6 Å². The maximum Gasteiger partial charge on any atom is 0.348 e. The summed E-state index contributed by atoms with van der Waals surface area (Å²) >= 11 is 6.41. The van der Waals surface area contributed by atoms with Gasteiger partial charge in [-0.2, -0.15) is 0 Å². The van der Waals surface area contributed by atoms with Crippen LogP contribution < -0.4 is 10.6 Å². The average molecular weight is 378 g/mol. The Balaban J connectivity index is 2.31. The highest BCUT2D eigenvalue weighted by Crippen LogP contribution is 2.34. The van der Waals surface area contributed by atoms with Crippen LogP contribution in [0.4, 0.5) is 10.7 Å². The summed E-state index contributed by atoms with van der Waals surface area (Å²) in [6, 6.07) is 7.67. The summed E-state index contributed by atoms with van der Waals surface area (Å²) in [5.41, 5.74) is 2.63. The number of thiocarbonyl (C=S) groups is 1. The molecule has 0 saturated heterocycles. The third kappa shape index (κ3) is 4.15. The molecule has 6 nitrogen and oxygen atoms in total. The molecule has 0 bridgehead atoms. The molecule has 0 radical (unpaired) electrons. The van der Waals surface area contributed by atoms with E-state index in [0.717, 1.165) is 22.6 Å². The van der Waals surface area contributed by atoms with Crippen LogP contribution in [0.15, 0.2) is 24.3 Å². The van der Waals surface area contributed by atoms with Crippen molar-refractivity contribution in [3.8, 4) is 0 Å². The van der Waals surface area contributed by atoms with Crippen LogP contribution >= 0.6 is 23.6 Å².